The minimum absolute atomic E-state index is 0.0560. The van der Waals surface area contributed by atoms with Crippen LogP contribution in [0.3, 0.4) is 0 Å². The van der Waals surface area contributed by atoms with Gasteiger partial charge in [-0.3, -0.25) is 0 Å². The van der Waals surface area contributed by atoms with Gasteiger partial charge in [0.1, 0.15) is 34.5 Å². The molecule has 0 aliphatic rings. The average Bonchev–Trinajstić information content (AvgIpc) is 0.904. The second-order valence-electron chi connectivity index (χ2n) is 20.0. The molecule has 6 rings (SSSR count). The molecule has 6 aromatic carbocycles. The van der Waals surface area contributed by atoms with Crippen LogP contribution in [0.2, 0.25) is 0 Å². The van der Waals surface area contributed by atoms with Crippen LogP contribution in [0, 0.1) is 11.6 Å². The van der Waals surface area contributed by atoms with Crippen LogP contribution in [0.25, 0.3) is 0 Å². The minimum Gasteiger partial charge on any atom is -0.494 e. The second-order valence-corrected chi connectivity index (χ2v) is 20.0. The monoisotopic (exact) mass is 1300 g/mol. The summed E-state index contributed by atoms with van der Waals surface area (Å²) in [7, 11) is 0. The fourth-order valence-electron chi connectivity index (χ4n) is 7.86. The molecule has 0 unspecified atom stereocenters. The Balaban J connectivity index is 0.000000342. The van der Waals surface area contributed by atoms with E-state index < -0.39 is 59.4 Å². The van der Waals surface area contributed by atoms with Crippen LogP contribution in [0.15, 0.2) is 184 Å². The number of rotatable bonds is 40. The van der Waals surface area contributed by atoms with E-state index in [1.807, 2.05) is 0 Å². The number of hydrogen-bond donors (Lipinski definition) is 0. The summed E-state index contributed by atoms with van der Waals surface area (Å²) in [5.41, 5.74) is 0.840. The highest BCUT2D eigenvalue weighted by Crippen LogP contribution is 2.28. The molecule has 0 saturated heterocycles. The Labute approximate surface area is 543 Å². The fraction of sp³-hybridized carbons (Fsp3) is 0.278. The molecule has 0 atom stereocenters. The van der Waals surface area contributed by atoms with Gasteiger partial charge in [-0.25, -0.2) is 47.1 Å². The highest BCUT2D eigenvalue weighted by molar-refractivity contribution is 5.93. The summed E-state index contributed by atoms with van der Waals surface area (Å²) in [6, 6.07) is 32.0. The van der Waals surface area contributed by atoms with Crippen LogP contribution in [0.1, 0.15) is 118 Å². The van der Waals surface area contributed by atoms with Gasteiger partial charge in [0.05, 0.1) is 75.1 Å². The number of esters is 8. The number of carbonyl (C=O) groups excluding carboxylic acids is 8. The number of benzene rings is 6. The Morgan fingerprint density at radius 2 is 0.489 bits per heavy atom. The van der Waals surface area contributed by atoms with E-state index in [2.05, 4.69) is 26.3 Å². The van der Waals surface area contributed by atoms with Gasteiger partial charge in [-0.05, 0) is 198 Å². The maximum atomic E-state index is 14.7. The molecule has 0 fully saturated rings. The SMILES string of the molecule is C=CC(=O)OCCCCCCOc1ccc(C(=O)Oc2ccc(OC(=O)c3ccc(OCCCCCCOC(=O)C=C)cc3)c(F)c2)cc1.C=CC(=O)OCCCCOc1ccc(C(=O)Oc2ccc(OC(=O)c3ccc(OCCCCOC(=O)C=C)cc3)c(F)c2)cc1. The summed E-state index contributed by atoms with van der Waals surface area (Å²) in [6.07, 6.45) is 13.8. The highest BCUT2D eigenvalue weighted by atomic mass is 19.1. The van der Waals surface area contributed by atoms with Gasteiger partial charge in [-0.15, -0.1) is 0 Å². The number of carbonyl (C=O) groups is 8. The summed E-state index contributed by atoms with van der Waals surface area (Å²) < 4.78 is 92.6. The van der Waals surface area contributed by atoms with Gasteiger partial charge in [0.15, 0.2) is 23.1 Å². The molecule has 496 valence electrons. The van der Waals surface area contributed by atoms with Crippen molar-refractivity contribution >= 4 is 47.8 Å². The molecule has 0 saturated carbocycles. The Morgan fingerprint density at radius 1 is 0.277 bits per heavy atom. The summed E-state index contributed by atoms with van der Waals surface area (Å²) in [5, 5.41) is 0. The molecule has 0 heterocycles. The van der Waals surface area contributed by atoms with E-state index in [0.29, 0.717) is 88.3 Å². The van der Waals surface area contributed by atoms with E-state index in [1.54, 1.807) is 60.7 Å². The average molecular weight is 1300 g/mol. The zero-order valence-electron chi connectivity index (χ0n) is 51.9. The second kappa shape index (κ2) is 42.2. The lowest BCUT2D eigenvalue weighted by Gasteiger charge is -2.10. The molecule has 0 aliphatic carbocycles. The van der Waals surface area contributed by atoms with Crippen molar-refractivity contribution in [3.8, 4) is 46.0 Å². The Bertz CT molecular complexity index is 3460. The quantitative estimate of drug-likeness (QED) is 0.0114. The van der Waals surface area contributed by atoms with Crippen LogP contribution < -0.4 is 37.9 Å². The molecule has 0 spiro atoms. The third-order valence-electron chi connectivity index (χ3n) is 12.9. The number of unbranched alkanes of at least 4 members (excludes halogenated alkanes) is 8. The first-order valence-corrected chi connectivity index (χ1v) is 30.1. The summed E-state index contributed by atoms with van der Waals surface area (Å²) in [6.45, 7) is 16.4. The topological polar surface area (TPSA) is 247 Å². The predicted molar refractivity (Wildman–Crippen MR) is 340 cm³/mol. The standard InChI is InChI=1S/C38H41FO10.C34H33FO10/c1-3-35(40)46-25-11-7-5-9-23-44-30-17-13-28(14-18-30)37(42)48-32-21-22-34(33(39)27-32)49-38(43)29-15-19-31(20-16-29)45-24-10-6-8-12-26-47-36(41)4-2;1-3-31(36)42-21-7-5-19-40-26-13-9-24(10-14-26)33(38)44-28-17-18-30(29(35)23-28)45-34(39)25-11-15-27(16-12-25)41-20-6-8-22-43-32(37)4-2/h3-4,13-22,27H,1-2,5-12,23-26H2;3-4,9-18,23H,1-2,5-8,19-22H2. The van der Waals surface area contributed by atoms with E-state index in [1.165, 1.54) is 60.7 Å². The summed E-state index contributed by atoms with van der Waals surface area (Å²) in [5.74, 6) is -5.08. The molecular formula is C72H74F2O20. The zero-order chi connectivity index (χ0) is 67.7. The first-order chi connectivity index (χ1) is 45.6. The van der Waals surface area contributed by atoms with Gasteiger partial charge >= 0.3 is 47.8 Å². The molecular weight excluding hydrogens is 1220 g/mol. The van der Waals surface area contributed by atoms with Crippen LogP contribution >= 0.6 is 0 Å². The van der Waals surface area contributed by atoms with Crippen molar-refractivity contribution in [3.63, 3.8) is 0 Å². The highest BCUT2D eigenvalue weighted by Gasteiger charge is 2.18. The maximum Gasteiger partial charge on any atom is 0.343 e. The lowest BCUT2D eigenvalue weighted by Crippen LogP contribution is -2.11. The molecule has 0 aromatic heterocycles. The third kappa shape index (κ3) is 28.5. The van der Waals surface area contributed by atoms with Crippen LogP contribution in [0.4, 0.5) is 8.78 Å². The first kappa shape index (κ1) is 73.8. The van der Waals surface area contributed by atoms with Crippen molar-refractivity contribution in [2.75, 3.05) is 52.9 Å². The van der Waals surface area contributed by atoms with Gasteiger partial charge in [0.25, 0.3) is 0 Å². The lowest BCUT2D eigenvalue weighted by atomic mass is 10.2. The molecule has 0 radical (unpaired) electrons. The van der Waals surface area contributed by atoms with Gasteiger partial charge in [0, 0.05) is 36.4 Å². The smallest absolute Gasteiger partial charge is 0.343 e. The Hall–Kier alpha value is -10.9. The van der Waals surface area contributed by atoms with Crippen molar-refractivity contribution in [1.82, 2.24) is 0 Å². The molecule has 94 heavy (non-hydrogen) atoms. The number of hydrogen-bond acceptors (Lipinski definition) is 20. The van der Waals surface area contributed by atoms with Gasteiger partial charge in [-0.2, -0.15) is 0 Å². The zero-order valence-corrected chi connectivity index (χ0v) is 51.9. The molecule has 20 nitrogen and oxygen atoms in total. The molecule has 0 bridgehead atoms. The van der Waals surface area contributed by atoms with Crippen molar-refractivity contribution in [3.05, 3.63) is 218 Å². The Kier molecular flexibility index (Phi) is 33.2. The fourth-order valence-corrected chi connectivity index (χ4v) is 7.86. The van der Waals surface area contributed by atoms with Crippen LogP contribution in [-0.2, 0) is 38.1 Å². The van der Waals surface area contributed by atoms with E-state index in [-0.39, 0.29) is 58.5 Å². The van der Waals surface area contributed by atoms with Crippen molar-refractivity contribution in [1.29, 1.82) is 0 Å². The molecule has 0 aliphatic heterocycles. The van der Waals surface area contributed by atoms with Crippen molar-refractivity contribution < 1.29 is 104 Å². The van der Waals surface area contributed by atoms with Crippen molar-refractivity contribution in [2.24, 2.45) is 0 Å². The Morgan fingerprint density at radius 3 is 0.734 bits per heavy atom. The van der Waals surface area contributed by atoms with E-state index in [4.69, 9.17) is 56.8 Å². The van der Waals surface area contributed by atoms with E-state index in [0.717, 1.165) is 87.8 Å². The van der Waals surface area contributed by atoms with Gasteiger partial charge < -0.3 is 56.8 Å². The number of ether oxygens (including phenoxy) is 12. The molecule has 0 N–H and O–H groups in total. The van der Waals surface area contributed by atoms with E-state index >= 15 is 0 Å². The summed E-state index contributed by atoms with van der Waals surface area (Å²) in [4.78, 5) is 94.2. The normalized spacial score (nSPS) is 10.3. The molecule has 6 aromatic rings. The predicted octanol–water partition coefficient (Wildman–Crippen LogP) is 13.6. The van der Waals surface area contributed by atoms with Gasteiger partial charge in [0.2, 0.25) is 0 Å². The van der Waals surface area contributed by atoms with Crippen molar-refractivity contribution in [2.45, 2.75) is 77.0 Å². The minimum atomic E-state index is -0.893. The van der Waals surface area contributed by atoms with Crippen LogP contribution in [-0.4, -0.2) is 101 Å². The molecule has 22 heteroatoms. The number of halogens is 2. The third-order valence-corrected chi connectivity index (χ3v) is 12.9. The lowest BCUT2D eigenvalue weighted by molar-refractivity contribution is -0.138. The van der Waals surface area contributed by atoms with Crippen LogP contribution in [0.5, 0.6) is 46.0 Å². The van der Waals surface area contributed by atoms with E-state index in [9.17, 15) is 47.1 Å². The first-order valence-electron chi connectivity index (χ1n) is 30.1. The largest absolute Gasteiger partial charge is 0.494 e. The maximum absolute atomic E-state index is 14.7. The summed E-state index contributed by atoms with van der Waals surface area (Å²) >= 11 is 0. The van der Waals surface area contributed by atoms with Gasteiger partial charge in [-0.1, -0.05) is 26.3 Å². The molecule has 0 amide bonds.